The first-order valence-corrected chi connectivity index (χ1v) is 13.8. The Morgan fingerprint density at radius 2 is 1.40 bits per heavy atom. The minimum absolute atomic E-state index is 0.0883. The van der Waals surface area contributed by atoms with E-state index in [2.05, 4.69) is 5.32 Å². The van der Waals surface area contributed by atoms with E-state index in [0.29, 0.717) is 6.54 Å². The van der Waals surface area contributed by atoms with E-state index in [1.165, 1.54) is 0 Å². The van der Waals surface area contributed by atoms with Crippen molar-refractivity contribution in [3.63, 3.8) is 0 Å². The second-order valence-corrected chi connectivity index (χ2v) is 10.9. The molecule has 0 saturated carbocycles. The fourth-order valence-corrected chi connectivity index (χ4v) is 5.36. The highest BCUT2D eigenvalue weighted by Crippen LogP contribution is 2.40. The SMILES string of the molecule is CC(=O)c1cc2c(=O)c3c(C(=O)O)c(O)c(O)cc3oc2c(C(C)=O)c1-c1coc2cc(O)c(O)c(C(=O)NCCN(C)C)c2c1=O. The molecule has 0 radical (unpaired) electrons. The Bertz CT molecular complexity index is 2350. The van der Waals surface area contributed by atoms with Crippen LogP contribution in [0, 0.1) is 0 Å². The van der Waals surface area contributed by atoms with Gasteiger partial charge in [-0.3, -0.25) is 24.0 Å². The molecule has 0 fully saturated rings. The number of aromatic carboxylic acids is 1. The van der Waals surface area contributed by atoms with Crippen LogP contribution in [0.25, 0.3) is 44.0 Å². The molecule has 5 aromatic rings. The van der Waals surface area contributed by atoms with Gasteiger partial charge in [0.25, 0.3) is 5.91 Å². The van der Waals surface area contributed by atoms with Crippen molar-refractivity contribution >= 4 is 56.4 Å². The van der Waals surface area contributed by atoms with Gasteiger partial charge >= 0.3 is 5.97 Å². The third-order valence-corrected chi connectivity index (χ3v) is 7.51. The van der Waals surface area contributed by atoms with Crippen molar-refractivity contribution in [2.24, 2.45) is 0 Å². The zero-order valence-electron chi connectivity index (χ0n) is 25.2. The third kappa shape index (κ3) is 5.17. The molecule has 1 amide bonds. The summed E-state index contributed by atoms with van der Waals surface area (Å²) >= 11 is 0. The minimum atomic E-state index is -1.78. The fraction of sp³-hybridized carbons (Fsp3) is 0.188. The number of nitrogens with one attached hydrogen (secondary N) is 1. The van der Waals surface area contributed by atoms with Crippen LogP contribution in [-0.2, 0) is 0 Å². The molecule has 2 aromatic heterocycles. The molecule has 0 aliphatic rings. The van der Waals surface area contributed by atoms with Gasteiger partial charge in [0.15, 0.2) is 34.6 Å². The molecule has 3 aromatic carbocycles. The summed E-state index contributed by atoms with van der Waals surface area (Å²) in [5.41, 5.74) is -6.77. The number of rotatable bonds is 8. The lowest BCUT2D eigenvalue weighted by Gasteiger charge is -2.16. The highest BCUT2D eigenvalue weighted by Gasteiger charge is 2.31. The summed E-state index contributed by atoms with van der Waals surface area (Å²) in [6.45, 7) is 2.58. The second-order valence-electron chi connectivity index (χ2n) is 10.9. The highest BCUT2D eigenvalue weighted by molar-refractivity contribution is 6.19. The van der Waals surface area contributed by atoms with Gasteiger partial charge in [-0.25, -0.2) is 4.79 Å². The van der Waals surface area contributed by atoms with Gasteiger partial charge in [0, 0.05) is 36.3 Å². The number of phenols is 4. The first kappa shape index (κ1) is 32.2. The number of fused-ring (bicyclic) bond motifs is 3. The van der Waals surface area contributed by atoms with E-state index in [1.54, 1.807) is 19.0 Å². The Balaban J connectivity index is 1.94. The van der Waals surface area contributed by atoms with Crippen molar-refractivity contribution in [1.82, 2.24) is 10.2 Å². The van der Waals surface area contributed by atoms with E-state index in [-0.39, 0.29) is 23.3 Å². The number of nitrogens with zero attached hydrogens (tertiary/aromatic N) is 1. The van der Waals surface area contributed by atoms with E-state index >= 15 is 0 Å². The Morgan fingerprint density at radius 1 is 0.809 bits per heavy atom. The van der Waals surface area contributed by atoms with Gasteiger partial charge in [-0.15, -0.1) is 0 Å². The van der Waals surface area contributed by atoms with Crippen LogP contribution in [0.1, 0.15) is 55.3 Å². The number of hydrogen-bond acceptors (Lipinski definition) is 13. The maximum absolute atomic E-state index is 14.2. The molecule has 15 nitrogen and oxygen atoms in total. The van der Waals surface area contributed by atoms with Crippen molar-refractivity contribution in [2.45, 2.75) is 13.8 Å². The Labute approximate surface area is 262 Å². The molecule has 15 heteroatoms. The molecule has 0 saturated heterocycles. The standard InChI is InChI=1S/C32H26N2O13/c1-11(35)13-7-14-26(39)23-19(9-17(38)29(42)25(23)32(44)45)47-30(14)20(12(2)36)21(13)15-10-46-18-8-16(37)28(41)24(22(18)27(15)40)31(43)33-5-6-34(3)4/h7-10,37-38,41-42H,5-6H2,1-4H3,(H,33,43)(H,44,45). The van der Waals surface area contributed by atoms with E-state index in [0.717, 1.165) is 38.3 Å². The normalized spacial score (nSPS) is 11.4. The van der Waals surface area contributed by atoms with Crippen LogP contribution in [0.5, 0.6) is 23.0 Å². The number of carboxylic acid groups (broad SMARTS) is 1. The number of phenolic OH excluding ortho intramolecular Hbond substituents is 3. The van der Waals surface area contributed by atoms with Crippen LogP contribution in [0.15, 0.2) is 42.9 Å². The molecule has 0 aliphatic carbocycles. The molecule has 6 N–H and O–H groups in total. The largest absolute Gasteiger partial charge is 0.504 e. The summed E-state index contributed by atoms with van der Waals surface area (Å²) in [4.78, 5) is 81.1. The highest BCUT2D eigenvalue weighted by atomic mass is 16.4. The molecule has 0 spiro atoms. The smallest absolute Gasteiger partial charge is 0.340 e. The lowest BCUT2D eigenvalue weighted by molar-refractivity contribution is 0.0694. The van der Waals surface area contributed by atoms with E-state index in [4.69, 9.17) is 8.83 Å². The van der Waals surface area contributed by atoms with Crippen LogP contribution < -0.4 is 16.2 Å². The third-order valence-electron chi connectivity index (χ3n) is 7.51. The molecular weight excluding hydrogens is 620 g/mol. The van der Waals surface area contributed by atoms with Crippen molar-refractivity contribution in [1.29, 1.82) is 0 Å². The lowest BCUT2D eigenvalue weighted by Crippen LogP contribution is -2.32. The van der Waals surface area contributed by atoms with Gasteiger partial charge in [0.2, 0.25) is 10.9 Å². The monoisotopic (exact) mass is 646 g/mol. The molecule has 0 bridgehead atoms. The van der Waals surface area contributed by atoms with E-state index < -0.39 is 107 Å². The minimum Gasteiger partial charge on any atom is -0.504 e. The number of carbonyl (C=O) groups excluding carboxylic acids is 3. The van der Waals surface area contributed by atoms with Crippen LogP contribution in [0.2, 0.25) is 0 Å². The summed E-state index contributed by atoms with van der Waals surface area (Å²) in [7, 11) is 3.50. The van der Waals surface area contributed by atoms with Crippen molar-refractivity contribution in [3.05, 3.63) is 67.2 Å². The van der Waals surface area contributed by atoms with E-state index in [1.807, 2.05) is 0 Å². The van der Waals surface area contributed by atoms with Crippen LogP contribution >= 0.6 is 0 Å². The van der Waals surface area contributed by atoms with Gasteiger partial charge in [-0.05, 0) is 34.0 Å². The maximum atomic E-state index is 14.2. The average Bonchev–Trinajstić information content (AvgIpc) is 2.98. The number of aromatic hydroxyl groups is 4. The second kappa shape index (κ2) is 11.6. The number of carboxylic acids is 1. The summed E-state index contributed by atoms with van der Waals surface area (Å²) in [6.07, 6.45) is 0.862. The fourth-order valence-electron chi connectivity index (χ4n) is 5.36. The molecule has 0 aliphatic heterocycles. The molecule has 2 heterocycles. The Hall–Kier alpha value is -6.22. The number of carbonyl (C=O) groups is 4. The zero-order chi connectivity index (χ0) is 34.6. The van der Waals surface area contributed by atoms with Gasteiger partial charge in [-0.2, -0.15) is 0 Å². The van der Waals surface area contributed by atoms with E-state index in [9.17, 15) is 54.3 Å². The average molecular weight is 647 g/mol. The molecule has 47 heavy (non-hydrogen) atoms. The number of ketones is 2. The van der Waals surface area contributed by atoms with Gasteiger partial charge < -0.3 is 44.6 Å². The topological polar surface area (TPSA) is 245 Å². The molecule has 0 unspecified atom stereocenters. The van der Waals surface area contributed by atoms with Gasteiger partial charge in [-0.1, -0.05) is 0 Å². The zero-order valence-corrected chi connectivity index (χ0v) is 25.2. The Morgan fingerprint density at radius 3 is 1.98 bits per heavy atom. The summed E-state index contributed by atoms with van der Waals surface area (Å²) < 4.78 is 11.4. The molecule has 0 atom stereocenters. The summed E-state index contributed by atoms with van der Waals surface area (Å²) in [6, 6.07) is 2.64. The summed E-state index contributed by atoms with van der Waals surface area (Å²) in [5, 5.41) is 51.9. The number of Topliss-reactive ketones (excluding diaryl/α,β-unsaturated/α-hetero) is 2. The first-order valence-electron chi connectivity index (χ1n) is 13.8. The Kier molecular flexibility index (Phi) is 7.95. The first-order chi connectivity index (χ1) is 22.1. The predicted octanol–water partition coefficient (Wildman–Crippen LogP) is 2.94. The summed E-state index contributed by atoms with van der Waals surface area (Å²) in [5.74, 6) is -8.08. The molecular formula is C32H26N2O13. The van der Waals surface area contributed by atoms with Crippen molar-refractivity contribution in [3.8, 4) is 34.1 Å². The predicted molar refractivity (Wildman–Crippen MR) is 166 cm³/mol. The van der Waals surface area contributed by atoms with Crippen LogP contribution in [-0.4, -0.2) is 81.1 Å². The molecule has 5 rings (SSSR count). The number of amides is 1. The van der Waals surface area contributed by atoms with Crippen molar-refractivity contribution < 1.29 is 53.5 Å². The van der Waals surface area contributed by atoms with Gasteiger partial charge in [0.1, 0.15) is 28.6 Å². The number of likely N-dealkylation sites (N-methyl/N-ethyl adjacent to an activating group) is 1. The maximum Gasteiger partial charge on any atom is 0.340 e. The molecule has 242 valence electrons. The number of hydrogen-bond donors (Lipinski definition) is 6. The lowest BCUT2D eigenvalue weighted by atomic mass is 9.88. The quantitative estimate of drug-likeness (QED) is 0.0806. The van der Waals surface area contributed by atoms with Crippen molar-refractivity contribution in [2.75, 3.05) is 27.2 Å². The van der Waals surface area contributed by atoms with Crippen LogP contribution in [0.3, 0.4) is 0 Å². The number of benzene rings is 3. The van der Waals surface area contributed by atoms with Crippen LogP contribution in [0.4, 0.5) is 0 Å². The van der Waals surface area contributed by atoms with Gasteiger partial charge in [0.05, 0.1) is 32.8 Å².